The first-order chi connectivity index (χ1) is 26.2. The van der Waals surface area contributed by atoms with Crippen LogP contribution in [0, 0.1) is 0 Å². The topological polar surface area (TPSA) is 12.5 Å². The van der Waals surface area contributed by atoms with E-state index in [1.165, 1.54) is 66.8 Å². The summed E-state index contributed by atoms with van der Waals surface area (Å²) in [6.45, 7) is 2.33. The average Bonchev–Trinajstić information content (AvgIpc) is 3.67. The molecule has 1 atom stereocenters. The van der Waals surface area contributed by atoms with Crippen LogP contribution in [-0.2, 0) is 5.41 Å². The summed E-state index contributed by atoms with van der Waals surface area (Å²) >= 11 is 0. The second kappa shape index (κ2) is 11.4. The largest absolute Gasteiger partial charge is 0.457 e. The number of anilines is 3. The quantitative estimate of drug-likeness (QED) is 0.184. The zero-order valence-corrected chi connectivity index (χ0v) is 29.3. The van der Waals surface area contributed by atoms with Crippen molar-refractivity contribution in [2.45, 2.75) is 18.3 Å². The number of ether oxygens (including phenoxy) is 1. The third-order valence-electron chi connectivity index (χ3n) is 11.8. The molecular formula is C51H35NO. The van der Waals surface area contributed by atoms with Crippen molar-refractivity contribution in [1.29, 1.82) is 0 Å². The third kappa shape index (κ3) is 4.27. The predicted molar refractivity (Wildman–Crippen MR) is 217 cm³/mol. The minimum Gasteiger partial charge on any atom is -0.457 e. The molecule has 0 saturated heterocycles. The van der Waals surface area contributed by atoms with Crippen molar-refractivity contribution in [3.05, 3.63) is 221 Å². The fourth-order valence-electron chi connectivity index (χ4n) is 9.44. The van der Waals surface area contributed by atoms with Gasteiger partial charge in [-0.1, -0.05) is 140 Å². The highest BCUT2D eigenvalue weighted by Gasteiger charge is 2.51. The molecule has 2 heteroatoms. The number of fused-ring (bicyclic) bond motifs is 12. The van der Waals surface area contributed by atoms with Gasteiger partial charge in [-0.3, -0.25) is 0 Å². The molecule has 1 unspecified atom stereocenters. The molecule has 1 aliphatic heterocycles. The van der Waals surface area contributed by atoms with Crippen molar-refractivity contribution in [1.82, 2.24) is 0 Å². The van der Waals surface area contributed by atoms with E-state index in [-0.39, 0.29) is 0 Å². The van der Waals surface area contributed by atoms with Gasteiger partial charge in [-0.05, 0) is 110 Å². The van der Waals surface area contributed by atoms with Crippen molar-refractivity contribution in [3.8, 4) is 44.9 Å². The van der Waals surface area contributed by atoms with Gasteiger partial charge in [0, 0.05) is 34.1 Å². The minimum atomic E-state index is -0.484. The molecular weight excluding hydrogens is 643 g/mol. The van der Waals surface area contributed by atoms with Gasteiger partial charge in [0.25, 0.3) is 0 Å². The Bertz CT molecular complexity index is 2680. The molecule has 11 rings (SSSR count). The first-order valence-electron chi connectivity index (χ1n) is 18.5. The summed E-state index contributed by atoms with van der Waals surface area (Å²) in [6.07, 6.45) is 0. The lowest BCUT2D eigenvalue weighted by molar-refractivity contribution is 0.436. The van der Waals surface area contributed by atoms with Crippen molar-refractivity contribution in [2.24, 2.45) is 0 Å². The monoisotopic (exact) mass is 677 g/mol. The number of nitrogens with zero attached hydrogens (tertiary/aromatic N) is 1. The molecule has 8 aromatic rings. The number of hydrogen-bond donors (Lipinski definition) is 0. The Balaban J connectivity index is 1.04. The van der Waals surface area contributed by atoms with Crippen LogP contribution in [0.4, 0.5) is 17.1 Å². The van der Waals surface area contributed by atoms with Gasteiger partial charge in [-0.15, -0.1) is 0 Å². The average molecular weight is 678 g/mol. The first-order valence-corrected chi connectivity index (χ1v) is 18.5. The molecule has 1 heterocycles. The molecule has 0 N–H and O–H groups in total. The van der Waals surface area contributed by atoms with E-state index in [1.807, 2.05) is 0 Å². The van der Waals surface area contributed by atoms with Gasteiger partial charge in [0.05, 0.1) is 5.41 Å². The second-order valence-corrected chi connectivity index (χ2v) is 14.4. The molecule has 2 aliphatic carbocycles. The molecule has 8 aromatic carbocycles. The van der Waals surface area contributed by atoms with Crippen LogP contribution in [0.1, 0.15) is 46.2 Å². The smallest absolute Gasteiger partial charge is 0.132 e. The van der Waals surface area contributed by atoms with Crippen molar-refractivity contribution in [3.63, 3.8) is 0 Å². The van der Waals surface area contributed by atoms with E-state index in [2.05, 4.69) is 200 Å². The maximum absolute atomic E-state index is 6.56. The summed E-state index contributed by atoms with van der Waals surface area (Å²) in [5.74, 6) is 2.17. The Morgan fingerprint density at radius 2 is 0.925 bits per heavy atom. The standard InChI is InChI=1S/C51H35NO/c1-33-39-15-5-6-16-40(39)41-30-28-38(32-44(33)41)52(36-13-3-2-4-14-36)37-26-23-34(24-27-37)35-25-29-43-42-17-7-8-18-45(42)51(48(43)31-35)46-19-9-11-21-49(46)53-50-22-12-10-20-47(50)51/h2-33H,1H3. The van der Waals surface area contributed by atoms with Gasteiger partial charge in [-0.2, -0.15) is 0 Å². The van der Waals surface area contributed by atoms with Crippen LogP contribution in [0.5, 0.6) is 11.5 Å². The van der Waals surface area contributed by atoms with Crippen LogP contribution in [0.25, 0.3) is 33.4 Å². The van der Waals surface area contributed by atoms with Crippen LogP contribution in [0.3, 0.4) is 0 Å². The summed E-state index contributed by atoms with van der Waals surface area (Å²) in [5.41, 5.74) is 18.3. The molecule has 0 bridgehead atoms. The highest BCUT2D eigenvalue weighted by Crippen LogP contribution is 2.62. The maximum Gasteiger partial charge on any atom is 0.132 e. The maximum atomic E-state index is 6.56. The van der Waals surface area contributed by atoms with E-state index in [4.69, 9.17) is 4.74 Å². The van der Waals surface area contributed by atoms with Crippen molar-refractivity contribution >= 4 is 17.1 Å². The summed E-state index contributed by atoms with van der Waals surface area (Å²) < 4.78 is 6.56. The summed E-state index contributed by atoms with van der Waals surface area (Å²) in [4.78, 5) is 2.38. The Kier molecular flexibility index (Phi) is 6.48. The van der Waals surface area contributed by atoms with Crippen molar-refractivity contribution in [2.75, 3.05) is 4.90 Å². The second-order valence-electron chi connectivity index (χ2n) is 14.4. The zero-order valence-electron chi connectivity index (χ0n) is 29.3. The van der Waals surface area contributed by atoms with E-state index in [1.54, 1.807) is 0 Å². The SMILES string of the molecule is CC1c2ccccc2-c2ccc(N(c3ccccc3)c3ccc(-c4ccc5c(c4)C4(c6ccccc6Oc6ccccc64)c4ccccc4-5)cc3)cc21. The molecule has 53 heavy (non-hydrogen) atoms. The summed E-state index contributed by atoms with van der Waals surface area (Å²) in [6, 6.07) is 68.7. The number of para-hydroxylation sites is 3. The lowest BCUT2D eigenvalue weighted by Crippen LogP contribution is -2.32. The number of rotatable bonds is 4. The van der Waals surface area contributed by atoms with E-state index in [9.17, 15) is 0 Å². The lowest BCUT2D eigenvalue weighted by atomic mass is 9.66. The van der Waals surface area contributed by atoms with Crippen molar-refractivity contribution < 1.29 is 4.74 Å². The van der Waals surface area contributed by atoms with Crippen LogP contribution in [0.15, 0.2) is 188 Å². The lowest BCUT2D eigenvalue weighted by Gasteiger charge is -2.39. The highest BCUT2D eigenvalue weighted by molar-refractivity contribution is 5.91. The van der Waals surface area contributed by atoms with E-state index >= 15 is 0 Å². The van der Waals surface area contributed by atoms with Gasteiger partial charge in [0.1, 0.15) is 11.5 Å². The molecule has 0 saturated carbocycles. The van der Waals surface area contributed by atoms with E-state index in [0.29, 0.717) is 5.92 Å². The third-order valence-corrected chi connectivity index (χ3v) is 11.8. The van der Waals surface area contributed by atoms with Gasteiger partial charge in [-0.25, -0.2) is 0 Å². The molecule has 1 spiro atoms. The number of benzene rings is 8. The molecule has 0 radical (unpaired) electrons. The van der Waals surface area contributed by atoms with E-state index in [0.717, 1.165) is 28.6 Å². The highest BCUT2D eigenvalue weighted by atomic mass is 16.5. The van der Waals surface area contributed by atoms with Gasteiger partial charge >= 0.3 is 0 Å². The fraction of sp³-hybridized carbons (Fsp3) is 0.0588. The Morgan fingerprint density at radius 3 is 1.68 bits per heavy atom. The number of hydrogen-bond acceptors (Lipinski definition) is 2. The zero-order chi connectivity index (χ0) is 35.1. The predicted octanol–water partition coefficient (Wildman–Crippen LogP) is 13.4. The first kappa shape index (κ1) is 30.0. The molecule has 0 fully saturated rings. The summed E-state index contributed by atoms with van der Waals surface area (Å²) in [7, 11) is 0. The minimum absolute atomic E-state index is 0.352. The molecule has 250 valence electrons. The Hall–Kier alpha value is -6.64. The molecule has 0 amide bonds. The normalized spacial score (nSPS) is 15.0. The van der Waals surface area contributed by atoms with E-state index < -0.39 is 5.41 Å². The molecule has 3 aliphatic rings. The van der Waals surface area contributed by atoms with Gasteiger partial charge in [0.15, 0.2) is 0 Å². The Labute approximate surface area is 310 Å². The van der Waals surface area contributed by atoms with Crippen LogP contribution >= 0.6 is 0 Å². The van der Waals surface area contributed by atoms with Crippen LogP contribution in [0.2, 0.25) is 0 Å². The van der Waals surface area contributed by atoms with Crippen LogP contribution < -0.4 is 9.64 Å². The molecule has 0 aromatic heterocycles. The van der Waals surface area contributed by atoms with Gasteiger partial charge < -0.3 is 9.64 Å². The van der Waals surface area contributed by atoms with Gasteiger partial charge in [0.2, 0.25) is 0 Å². The van der Waals surface area contributed by atoms with Crippen LogP contribution in [-0.4, -0.2) is 0 Å². The molecule has 2 nitrogen and oxygen atoms in total. The summed E-state index contributed by atoms with van der Waals surface area (Å²) in [5, 5.41) is 0. The fourth-order valence-corrected chi connectivity index (χ4v) is 9.44. The Morgan fingerprint density at radius 1 is 0.396 bits per heavy atom.